The molecule has 0 aliphatic rings. The lowest BCUT2D eigenvalue weighted by atomic mass is 9.96. The minimum atomic E-state index is -1.31. The van der Waals surface area contributed by atoms with Crippen molar-refractivity contribution in [2.45, 2.75) is 67.1 Å². The quantitative estimate of drug-likeness (QED) is 0.484. The number of hydrogen-bond acceptors (Lipinski definition) is 0. The van der Waals surface area contributed by atoms with Crippen LogP contribution in [0.25, 0.3) is 0 Å². The topological polar surface area (TPSA) is 0 Å². The molecule has 1 aromatic rings. The molecule has 0 aliphatic heterocycles. The Labute approximate surface area is 133 Å². The predicted octanol–water partition coefficient (Wildman–Crippen LogP) is 5.69. The smallest absolute Gasteiger partial charge is 0.0779 e. The van der Waals surface area contributed by atoms with Gasteiger partial charge in [-0.3, -0.25) is 0 Å². The first kappa shape index (κ1) is 18.0. The summed E-state index contributed by atoms with van der Waals surface area (Å²) in [6.07, 6.45) is 2.05. The first-order chi connectivity index (χ1) is 9.52. The van der Waals surface area contributed by atoms with Gasteiger partial charge in [-0.2, -0.15) is 0 Å². The number of aryl methyl sites for hydroxylation is 2. The average Bonchev–Trinajstić information content (AvgIpc) is 2.31. The molecule has 1 rings (SSSR count). The Kier molecular flexibility index (Phi) is 5.80. The molecule has 0 aromatic heterocycles. The SMILES string of the molecule is C=C(CC(C)=C(C)C)Cc1cc(C)c(C)cc1[Si](C)(C)C. The fourth-order valence-electron chi connectivity index (χ4n) is 2.60. The Morgan fingerprint density at radius 2 is 1.52 bits per heavy atom. The largest absolute Gasteiger partial charge is 0.0992 e. The summed E-state index contributed by atoms with van der Waals surface area (Å²) < 4.78 is 0. The maximum absolute atomic E-state index is 4.33. The molecular weight excluding hydrogens is 268 g/mol. The second-order valence-electron chi connectivity index (χ2n) is 7.73. The summed E-state index contributed by atoms with van der Waals surface area (Å²) in [7, 11) is -1.31. The van der Waals surface area contributed by atoms with Crippen molar-refractivity contribution in [1.82, 2.24) is 0 Å². The van der Waals surface area contributed by atoms with E-state index in [1.165, 1.54) is 33.4 Å². The molecular formula is C20H32Si. The summed E-state index contributed by atoms with van der Waals surface area (Å²) in [6, 6.07) is 4.82. The summed E-state index contributed by atoms with van der Waals surface area (Å²) in [5.74, 6) is 0. The van der Waals surface area contributed by atoms with E-state index in [1.54, 1.807) is 5.19 Å². The Bertz CT molecular complexity index is 564. The van der Waals surface area contributed by atoms with Gasteiger partial charge in [-0.05, 0) is 64.2 Å². The molecule has 0 unspecified atom stereocenters. The Balaban J connectivity index is 3.11. The lowest BCUT2D eigenvalue weighted by Crippen LogP contribution is -2.40. The van der Waals surface area contributed by atoms with Crippen LogP contribution in [-0.2, 0) is 6.42 Å². The van der Waals surface area contributed by atoms with Gasteiger partial charge in [0, 0.05) is 0 Å². The fraction of sp³-hybridized carbons (Fsp3) is 0.500. The first-order valence-corrected chi connectivity index (χ1v) is 11.4. The Hall–Kier alpha value is -1.08. The number of rotatable bonds is 5. The number of benzene rings is 1. The molecule has 0 radical (unpaired) electrons. The number of hydrogen-bond donors (Lipinski definition) is 0. The Morgan fingerprint density at radius 1 is 1.00 bits per heavy atom. The van der Waals surface area contributed by atoms with Crippen molar-refractivity contribution in [2.75, 3.05) is 0 Å². The highest BCUT2D eigenvalue weighted by Gasteiger charge is 2.21. The van der Waals surface area contributed by atoms with Crippen LogP contribution in [0.2, 0.25) is 19.6 Å². The molecule has 0 atom stereocenters. The highest BCUT2D eigenvalue weighted by Crippen LogP contribution is 2.20. The molecule has 21 heavy (non-hydrogen) atoms. The molecule has 0 aliphatic carbocycles. The molecule has 0 spiro atoms. The molecule has 0 saturated carbocycles. The van der Waals surface area contributed by atoms with Crippen LogP contribution >= 0.6 is 0 Å². The summed E-state index contributed by atoms with van der Waals surface area (Å²) in [5.41, 5.74) is 8.53. The minimum absolute atomic E-state index is 1.02. The van der Waals surface area contributed by atoms with Crippen LogP contribution in [0.3, 0.4) is 0 Å². The van der Waals surface area contributed by atoms with Crippen molar-refractivity contribution in [3.63, 3.8) is 0 Å². The molecule has 0 saturated heterocycles. The third-order valence-corrected chi connectivity index (χ3v) is 6.42. The van der Waals surface area contributed by atoms with Crippen LogP contribution in [0, 0.1) is 13.8 Å². The van der Waals surface area contributed by atoms with Crippen LogP contribution < -0.4 is 5.19 Å². The second kappa shape index (κ2) is 6.78. The minimum Gasteiger partial charge on any atom is -0.0992 e. The van der Waals surface area contributed by atoms with Crippen molar-refractivity contribution in [1.29, 1.82) is 0 Å². The van der Waals surface area contributed by atoms with Crippen molar-refractivity contribution in [2.24, 2.45) is 0 Å². The summed E-state index contributed by atoms with van der Waals surface area (Å²) in [5, 5.41) is 1.60. The van der Waals surface area contributed by atoms with E-state index >= 15 is 0 Å². The van der Waals surface area contributed by atoms with Crippen LogP contribution in [0.15, 0.2) is 35.4 Å². The third kappa shape index (κ3) is 5.00. The molecule has 1 heteroatoms. The van der Waals surface area contributed by atoms with Crippen LogP contribution in [0.4, 0.5) is 0 Å². The zero-order chi connectivity index (χ0) is 16.4. The summed E-state index contributed by atoms with van der Waals surface area (Å²) in [4.78, 5) is 0. The highest BCUT2D eigenvalue weighted by atomic mass is 28.3. The highest BCUT2D eigenvalue weighted by molar-refractivity contribution is 6.89. The van der Waals surface area contributed by atoms with Crippen LogP contribution in [0.1, 0.15) is 43.9 Å². The van der Waals surface area contributed by atoms with Gasteiger partial charge >= 0.3 is 0 Å². The van der Waals surface area contributed by atoms with E-state index in [4.69, 9.17) is 0 Å². The van der Waals surface area contributed by atoms with Gasteiger partial charge in [-0.1, -0.05) is 60.3 Å². The zero-order valence-electron chi connectivity index (χ0n) is 15.3. The van der Waals surface area contributed by atoms with Gasteiger partial charge in [0.2, 0.25) is 0 Å². The fourth-order valence-corrected chi connectivity index (χ4v) is 4.38. The third-order valence-electron chi connectivity index (χ3n) is 4.34. The van der Waals surface area contributed by atoms with E-state index in [-0.39, 0.29) is 0 Å². The first-order valence-electron chi connectivity index (χ1n) is 7.92. The zero-order valence-corrected chi connectivity index (χ0v) is 16.3. The van der Waals surface area contributed by atoms with Gasteiger partial charge in [0.25, 0.3) is 0 Å². The average molecular weight is 301 g/mol. The molecule has 116 valence electrons. The van der Waals surface area contributed by atoms with Crippen LogP contribution in [-0.4, -0.2) is 8.07 Å². The second-order valence-corrected chi connectivity index (χ2v) is 12.8. The van der Waals surface area contributed by atoms with Gasteiger partial charge < -0.3 is 0 Å². The molecule has 0 bridgehead atoms. The van der Waals surface area contributed by atoms with E-state index in [0.717, 1.165) is 12.8 Å². The van der Waals surface area contributed by atoms with E-state index in [9.17, 15) is 0 Å². The molecule has 1 aromatic carbocycles. The van der Waals surface area contributed by atoms with E-state index < -0.39 is 8.07 Å². The predicted molar refractivity (Wildman–Crippen MR) is 100 cm³/mol. The molecule has 0 heterocycles. The monoisotopic (exact) mass is 300 g/mol. The normalized spacial score (nSPS) is 11.4. The van der Waals surface area contributed by atoms with Crippen molar-refractivity contribution in [3.8, 4) is 0 Å². The van der Waals surface area contributed by atoms with Gasteiger partial charge in [-0.15, -0.1) is 0 Å². The van der Waals surface area contributed by atoms with Gasteiger partial charge in [0.15, 0.2) is 0 Å². The molecule has 0 nitrogen and oxygen atoms in total. The maximum Gasteiger partial charge on any atom is 0.0779 e. The lowest BCUT2D eigenvalue weighted by Gasteiger charge is -2.23. The van der Waals surface area contributed by atoms with Gasteiger partial charge in [0.1, 0.15) is 0 Å². The Morgan fingerprint density at radius 3 is 2.00 bits per heavy atom. The van der Waals surface area contributed by atoms with Crippen molar-refractivity contribution in [3.05, 3.63) is 52.1 Å². The summed E-state index contributed by atoms with van der Waals surface area (Å²) in [6.45, 7) is 22.7. The standard InChI is InChI=1S/C20H32Si/c1-14(2)16(4)10-15(3)11-19-12-17(5)18(6)13-20(19)21(7,8)9/h12-13H,3,10-11H2,1-2,4-9H3. The van der Waals surface area contributed by atoms with Crippen LogP contribution in [0.5, 0.6) is 0 Å². The summed E-state index contributed by atoms with van der Waals surface area (Å²) >= 11 is 0. The van der Waals surface area contributed by atoms with E-state index in [0.29, 0.717) is 0 Å². The van der Waals surface area contributed by atoms with E-state index in [2.05, 4.69) is 73.0 Å². The maximum atomic E-state index is 4.33. The molecule has 0 fully saturated rings. The van der Waals surface area contributed by atoms with Gasteiger partial charge in [-0.25, -0.2) is 0 Å². The number of allylic oxidation sites excluding steroid dienone is 3. The molecule has 0 N–H and O–H groups in total. The van der Waals surface area contributed by atoms with Gasteiger partial charge in [0.05, 0.1) is 8.07 Å². The lowest BCUT2D eigenvalue weighted by molar-refractivity contribution is 1.00. The van der Waals surface area contributed by atoms with E-state index in [1.807, 2.05) is 0 Å². The van der Waals surface area contributed by atoms with Crippen molar-refractivity contribution >= 4 is 13.3 Å². The molecule has 0 amide bonds. The van der Waals surface area contributed by atoms with Crippen molar-refractivity contribution < 1.29 is 0 Å².